The molecule has 0 aromatic rings. The second kappa shape index (κ2) is 6.82. The summed E-state index contributed by atoms with van der Waals surface area (Å²) in [4.78, 5) is 23.2. The third kappa shape index (κ3) is 22.9. The Morgan fingerprint density at radius 3 is 1.17 bits per heavy atom. The molecule has 0 amide bonds. The van der Waals surface area contributed by atoms with Crippen molar-refractivity contribution in [1.82, 2.24) is 4.90 Å². The quantitative estimate of drug-likeness (QED) is 0.577. The van der Waals surface area contributed by atoms with Gasteiger partial charge >= 0.3 is 7.82 Å². The van der Waals surface area contributed by atoms with E-state index in [-0.39, 0.29) is 0 Å². The molecule has 0 aromatic carbocycles. The van der Waals surface area contributed by atoms with Gasteiger partial charge in [-0.15, -0.1) is 0 Å². The van der Waals surface area contributed by atoms with E-state index in [1.54, 1.807) is 23.5 Å². The minimum Gasteiger partial charge on any atom is -0.332 e. The maximum atomic E-state index is 8.88. The fourth-order valence-corrected chi connectivity index (χ4v) is 0.224. The number of hydrogen-bond acceptors (Lipinski definition) is 2. The maximum Gasteiger partial charge on any atom is 0.466 e. The van der Waals surface area contributed by atoms with Gasteiger partial charge in [0.05, 0.1) is 0 Å². The average molecular weight is 193 g/mol. The van der Waals surface area contributed by atoms with Crippen LogP contribution in [0.4, 0.5) is 0 Å². The average Bonchev–Trinajstić information content (AvgIpc) is 1.88. The minimum absolute atomic E-state index is 1.62. The zero-order valence-corrected chi connectivity index (χ0v) is 7.39. The summed E-state index contributed by atoms with van der Waals surface area (Å²) in [5, 5.41) is 0. The highest BCUT2D eigenvalue weighted by atomic mass is 31.2. The molecule has 0 heterocycles. The third-order valence-electron chi connectivity index (χ3n) is 0.632. The lowest BCUT2D eigenvalue weighted by atomic mass is 10.7. The summed E-state index contributed by atoms with van der Waals surface area (Å²) in [6.07, 6.45) is 4.88. The van der Waals surface area contributed by atoms with E-state index in [4.69, 9.17) is 19.2 Å². The van der Waals surface area contributed by atoms with E-state index < -0.39 is 7.82 Å². The van der Waals surface area contributed by atoms with Gasteiger partial charge < -0.3 is 19.6 Å². The molecule has 0 saturated carbocycles. The van der Waals surface area contributed by atoms with Crippen LogP contribution in [0.5, 0.6) is 0 Å². The molecule has 0 radical (unpaired) electrons. The van der Waals surface area contributed by atoms with Crippen LogP contribution in [0, 0.1) is 0 Å². The van der Waals surface area contributed by atoms with Crippen LogP contribution in [-0.4, -0.2) is 19.6 Å². The molecule has 0 aromatic heterocycles. The lowest BCUT2D eigenvalue weighted by molar-refractivity contribution is 0.275. The molecule has 0 spiro atoms. The van der Waals surface area contributed by atoms with Gasteiger partial charge in [-0.1, -0.05) is 19.7 Å². The molecule has 0 fully saturated rings. The van der Waals surface area contributed by atoms with Crippen molar-refractivity contribution in [3.05, 3.63) is 38.3 Å². The molecule has 6 heteroatoms. The highest BCUT2D eigenvalue weighted by molar-refractivity contribution is 7.45. The highest BCUT2D eigenvalue weighted by Gasteiger charge is 2.00. The van der Waals surface area contributed by atoms with Crippen LogP contribution in [0.3, 0.4) is 0 Å². The predicted octanol–water partition coefficient (Wildman–Crippen LogP) is 0.790. The Bertz CT molecular complexity index is 170. The zero-order chi connectivity index (χ0) is 10.2. The molecule has 12 heavy (non-hydrogen) atoms. The molecule has 0 unspecified atom stereocenters. The number of nitrogens with zero attached hydrogens (tertiary/aromatic N) is 1. The van der Waals surface area contributed by atoms with E-state index in [1.165, 1.54) is 0 Å². The number of rotatable bonds is 3. The van der Waals surface area contributed by atoms with E-state index in [1.807, 2.05) is 0 Å². The SMILES string of the molecule is C=CN(C=C)C=C.O=P(O)(O)O. The Hall–Kier alpha value is -0.870. The summed E-state index contributed by atoms with van der Waals surface area (Å²) in [5.74, 6) is 0. The van der Waals surface area contributed by atoms with E-state index >= 15 is 0 Å². The predicted molar refractivity (Wildman–Crippen MR) is 46.7 cm³/mol. The first-order valence-corrected chi connectivity index (χ1v) is 4.35. The topological polar surface area (TPSA) is 81.0 Å². The standard InChI is InChI=1S/C6H9N.H3O4P/c1-4-7(5-2)6-3;1-5(2,3)4/h4-6H,1-3H2;(H3,1,2,3,4). The Morgan fingerprint density at radius 2 is 1.17 bits per heavy atom. The Balaban J connectivity index is 0. The minimum atomic E-state index is -4.64. The van der Waals surface area contributed by atoms with Crippen LogP contribution >= 0.6 is 7.82 Å². The lowest BCUT2D eigenvalue weighted by Gasteiger charge is -2.03. The zero-order valence-electron chi connectivity index (χ0n) is 6.50. The van der Waals surface area contributed by atoms with Gasteiger partial charge in [0.15, 0.2) is 0 Å². The Labute approximate surface area is 71.2 Å². The second-order valence-corrected chi connectivity index (χ2v) is 2.53. The number of hydrogen-bond donors (Lipinski definition) is 3. The molecule has 3 N–H and O–H groups in total. The molecule has 0 bridgehead atoms. The summed E-state index contributed by atoms with van der Waals surface area (Å²) in [6.45, 7) is 10.5. The molecule has 0 rings (SSSR count). The molecule has 0 saturated heterocycles. The van der Waals surface area contributed by atoms with Crippen molar-refractivity contribution >= 4 is 7.82 Å². The van der Waals surface area contributed by atoms with Crippen LogP contribution in [0.15, 0.2) is 38.3 Å². The van der Waals surface area contributed by atoms with Gasteiger partial charge in [-0.05, 0) is 0 Å². The first kappa shape index (κ1) is 13.7. The van der Waals surface area contributed by atoms with E-state index in [0.717, 1.165) is 0 Å². The number of phosphoric acid groups is 1. The fraction of sp³-hybridized carbons (Fsp3) is 0. The summed E-state index contributed by atoms with van der Waals surface area (Å²) in [5.41, 5.74) is 0. The highest BCUT2D eigenvalue weighted by Crippen LogP contribution is 2.25. The maximum absolute atomic E-state index is 8.88. The largest absolute Gasteiger partial charge is 0.466 e. The van der Waals surface area contributed by atoms with Crippen molar-refractivity contribution in [2.45, 2.75) is 0 Å². The van der Waals surface area contributed by atoms with Gasteiger partial charge in [0.1, 0.15) is 0 Å². The summed E-state index contributed by atoms with van der Waals surface area (Å²) in [6, 6.07) is 0. The van der Waals surface area contributed by atoms with Gasteiger partial charge in [-0.25, -0.2) is 4.57 Å². The van der Waals surface area contributed by atoms with Gasteiger partial charge in [0, 0.05) is 18.6 Å². The lowest BCUT2D eigenvalue weighted by Crippen LogP contribution is -1.94. The molecule has 0 aliphatic carbocycles. The summed E-state index contributed by atoms with van der Waals surface area (Å²) < 4.78 is 8.88. The first-order valence-electron chi connectivity index (χ1n) is 2.78. The van der Waals surface area contributed by atoms with Gasteiger partial charge in [0.25, 0.3) is 0 Å². The summed E-state index contributed by atoms with van der Waals surface area (Å²) in [7, 11) is -4.64. The van der Waals surface area contributed by atoms with Crippen molar-refractivity contribution < 1.29 is 19.2 Å². The summed E-state index contributed by atoms with van der Waals surface area (Å²) >= 11 is 0. The van der Waals surface area contributed by atoms with Crippen LogP contribution in [0.2, 0.25) is 0 Å². The normalized spacial score (nSPS) is 8.92. The second-order valence-electron chi connectivity index (χ2n) is 1.51. The Morgan fingerprint density at radius 1 is 1.00 bits per heavy atom. The van der Waals surface area contributed by atoms with Gasteiger partial charge in [-0.2, -0.15) is 0 Å². The third-order valence-corrected chi connectivity index (χ3v) is 0.632. The van der Waals surface area contributed by atoms with E-state index in [0.29, 0.717) is 0 Å². The van der Waals surface area contributed by atoms with Crippen LogP contribution in [-0.2, 0) is 4.57 Å². The molecule has 0 aliphatic rings. The molecule has 70 valence electrons. The monoisotopic (exact) mass is 193 g/mol. The van der Waals surface area contributed by atoms with Crippen molar-refractivity contribution in [2.75, 3.05) is 0 Å². The molecular formula is C6H12NO4P. The van der Waals surface area contributed by atoms with E-state index in [9.17, 15) is 0 Å². The Kier molecular flexibility index (Phi) is 7.78. The van der Waals surface area contributed by atoms with Crippen molar-refractivity contribution in [2.24, 2.45) is 0 Å². The molecule has 0 atom stereocenters. The van der Waals surface area contributed by atoms with Crippen LogP contribution in [0.25, 0.3) is 0 Å². The molecule has 5 nitrogen and oxygen atoms in total. The molecule has 0 aliphatic heterocycles. The van der Waals surface area contributed by atoms with Crippen molar-refractivity contribution in [3.63, 3.8) is 0 Å². The fourth-order valence-electron chi connectivity index (χ4n) is 0.224. The van der Waals surface area contributed by atoms with Crippen molar-refractivity contribution in [3.8, 4) is 0 Å². The smallest absolute Gasteiger partial charge is 0.332 e. The van der Waals surface area contributed by atoms with Crippen LogP contribution in [0.1, 0.15) is 0 Å². The van der Waals surface area contributed by atoms with Crippen molar-refractivity contribution in [1.29, 1.82) is 0 Å². The first-order chi connectivity index (χ1) is 5.35. The van der Waals surface area contributed by atoms with Gasteiger partial charge in [-0.3, -0.25) is 0 Å². The van der Waals surface area contributed by atoms with E-state index in [2.05, 4.69) is 19.7 Å². The molecular weight excluding hydrogens is 181 g/mol. The van der Waals surface area contributed by atoms with Crippen LogP contribution < -0.4 is 0 Å². The van der Waals surface area contributed by atoms with Gasteiger partial charge in [0.2, 0.25) is 0 Å².